The lowest BCUT2D eigenvalue weighted by atomic mass is 9.91. The second kappa shape index (κ2) is 8.61. The number of carbonyl (C=O) groups excluding carboxylic acids is 1. The van der Waals surface area contributed by atoms with Crippen LogP contribution in [-0.2, 0) is 6.54 Å². The molecule has 1 aromatic rings. The highest BCUT2D eigenvalue weighted by Gasteiger charge is 2.21. The normalized spacial score (nSPS) is 19.9. The van der Waals surface area contributed by atoms with Gasteiger partial charge in [0.2, 0.25) is 0 Å². The Labute approximate surface area is 163 Å². The van der Waals surface area contributed by atoms with Crippen molar-refractivity contribution < 1.29 is 19.7 Å². The minimum atomic E-state index is -0.0881. The SMILES string of the molecule is COc1ccc2c(c1)CN(C(=O)NCCC1=CC(O)=C(O)C(C)C1)CCS2. The van der Waals surface area contributed by atoms with Crippen molar-refractivity contribution in [2.75, 3.05) is 26.0 Å². The predicted octanol–water partition coefficient (Wildman–Crippen LogP) is 4.00. The number of fused-ring (bicyclic) bond motifs is 1. The van der Waals surface area contributed by atoms with Crippen molar-refractivity contribution in [1.82, 2.24) is 10.2 Å². The minimum absolute atomic E-state index is 0.0407. The lowest BCUT2D eigenvalue weighted by molar-refractivity contribution is 0.198. The number of thioether (sulfide) groups is 1. The molecule has 3 N–H and O–H groups in total. The fourth-order valence-electron chi connectivity index (χ4n) is 3.36. The molecule has 2 aliphatic rings. The summed E-state index contributed by atoms with van der Waals surface area (Å²) in [5.41, 5.74) is 2.13. The van der Waals surface area contributed by atoms with Crippen LogP contribution in [0.5, 0.6) is 5.75 Å². The maximum absolute atomic E-state index is 12.6. The van der Waals surface area contributed by atoms with E-state index in [1.165, 1.54) is 4.90 Å². The molecule has 0 radical (unpaired) electrons. The number of hydrogen-bond donors (Lipinski definition) is 3. The van der Waals surface area contributed by atoms with Gasteiger partial charge in [-0.05, 0) is 42.7 Å². The molecule has 1 atom stereocenters. The van der Waals surface area contributed by atoms with Gasteiger partial charge < -0.3 is 25.2 Å². The second-order valence-electron chi connectivity index (χ2n) is 6.90. The van der Waals surface area contributed by atoms with Crippen molar-refractivity contribution in [2.45, 2.75) is 31.2 Å². The number of benzene rings is 1. The first-order chi connectivity index (χ1) is 13.0. The summed E-state index contributed by atoms with van der Waals surface area (Å²) in [7, 11) is 1.64. The highest BCUT2D eigenvalue weighted by atomic mass is 32.2. The van der Waals surface area contributed by atoms with Crippen molar-refractivity contribution in [2.24, 2.45) is 5.92 Å². The Kier molecular flexibility index (Phi) is 6.21. The maximum atomic E-state index is 12.6. The van der Waals surface area contributed by atoms with E-state index in [2.05, 4.69) is 5.32 Å². The summed E-state index contributed by atoms with van der Waals surface area (Å²) in [6.45, 7) is 3.62. The summed E-state index contributed by atoms with van der Waals surface area (Å²) in [5, 5.41) is 22.4. The highest BCUT2D eigenvalue weighted by Crippen LogP contribution is 2.31. The van der Waals surface area contributed by atoms with E-state index in [4.69, 9.17) is 4.74 Å². The molecule has 0 saturated carbocycles. The Bertz CT molecular complexity index is 775. The Morgan fingerprint density at radius 1 is 1.41 bits per heavy atom. The van der Waals surface area contributed by atoms with Crippen molar-refractivity contribution in [3.8, 4) is 5.75 Å². The van der Waals surface area contributed by atoms with Gasteiger partial charge in [-0.3, -0.25) is 0 Å². The van der Waals surface area contributed by atoms with E-state index in [0.29, 0.717) is 32.5 Å². The quantitative estimate of drug-likeness (QED) is 0.724. The lowest BCUT2D eigenvalue weighted by Crippen LogP contribution is -2.40. The Hall–Kier alpha value is -2.28. The third-order valence-corrected chi connectivity index (χ3v) is 5.99. The highest BCUT2D eigenvalue weighted by molar-refractivity contribution is 7.99. The van der Waals surface area contributed by atoms with Crippen LogP contribution in [0.1, 0.15) is 25.3 Å². The van der Waals surface area contributed by atoms with Crippen LogP contribution in [0.25, 0.3) is 0 Å². The predicted molar refractivity (Wildman–Crippen MR) is 106 cm³/mol. The molecule has 6 nitrogen and oxygen atoms in total. The van der Waals surface area contributed by atoms with Crippen LogP contribution < -0.4 is 10.1 Å². The number of allylic oxidation sites excluding steroid dienone is 2. The fraction of sp³-hybridized carbons (Fsp3) is 0.450. The van der Waals surface area contributed by atoms with E-state index >= 15 is 0 Å². The van der Waals surface area contributed by atoms with Gasteiger partial charge in [0.15, 0.2) is 5.76 Å². The number of methoxy groups -OCH3 is 1. The molecule has 0 saturated heterocycles. The van der Waals surface area contributed by atoms with E-state index in [-0.39, 0.29) is 23.5 Å². The molecule has 3 rings (SSSR count). The largest absolute Gasteiger partial charge is 0.508 e. The van der Waals surface area contributed by atoms with Crippen LogP contribution in [0.4, 0.5) is 4.79 Å². The summed E-state index contributed by atoms with van der Waals surface area (Å²) in [5.74, 6) is 1.54. The average molecular weight is 391 g/mol. The third-order valence-electron chi connectivity index (χ3n) is 4.90. The molecule has 7 heteroatoms. The van der Waals surface area contributed by atoms with Gasteiger partial charge in [-0.1, -0.05) is 12.5 Å². The van der Waals surface area contributed by atoms with Crippen LogP contribution in [0.15, 0.2) is 46.3 Å². The van der Waals surface area contributed by atoms with Crippen LogP contribution in [-0.4, -0.2) is 47.1 Å². The van der Waals surface area contributed by atoms with Crippen LogP contribution in [0, 0.1) is 5.92 Å². The minimum Gasteiger partial charge on any atom is -0.508 e. The zero-order valence-electron chi connectivity index (χ0n) is 15.7. The van der Waals surface area contributed by atoms with Gasteiger partial charge in [-0.25, -0.2) is 4.79 Å². The molecule has 0 spiro atoms. The second-order valence-corrected chi connectivity index (χ2v) is 8.04. The first-order valence-corrected chi connectivity index (χ1v) is 10.1. The molecule has 1 heterocycles. The number of aliphatic hydroxyl groups is 2. The summed E-state index contributed by atoms with van der Waals surface area (Å²) >= 11 is 1.75. The third kappa shape index (κ3) is 4.71. The van der Waals surface area contributed by atoms with E-state index in [1.54, 1.807) is 24.9 Å². The van der Waals surface area contributed by atoms with Gasteiger partial charge in [-0.15, -0.1) is 11.8 Å². The smallest absolute Gasteiger partial charge is 0.317 e. The molecule has 27 heavy (non-hydrogen) atoms. The van der Waals surface area contributed by atoms with Gasteiger partial charge in [0.1, 0.15) is 11.5 Å². The van der Waals surface area contributed by atoms with Gasteiger partial charge >= 0.3 is 6.03 Å². The van der Waals surface area contributed by atoms with Gasteiger partial charge in [0, 0.05) is 36.2 Å². The summed E-state index contributed by atoms with van der Waals surface area (Å²) in [4.78, 5) is 15.6. The Morgan fingerprint density at radius 3 is 2.96 bits per heavy atom. The van der Waals surface area contributed by atoms with Crippen molar-refractivity contribution in [3.05, 3.63) is 46.9 Å². The number of nitrogens with zero attached hydrogens (tertiary/aromatic N) is 1. The molecule has 0 aromatic heterocycles. The Morgan fingerprint density at radius 2 is 2.22 bits per heavy atom. The van der Waals surface area contributed by atoms with Crippen LogP contribution in [0.3, 0.4) is 0 Å². The van der Waals surface area contributed by atoms with Crippen LogP contribution >= 0.6 is 11.8 Å². The molecular weight excluding hydrogens is 364 g/mol. The van der Waals surface area contributed by atoms with E-state index in [1.807, 2.05) is 30.0 Å². The van der Waals surface area contributed by atoms with Gasteiger partial charge in [0.05, 0.1) is 7.11 Å². The van der Waals surface area contributed by atoms with Gasteiger partial charge in [-0.2, -0.15) is 0 Å². The van der Waals surface area contributed by atoms with E-state index < -0.39 is 0 Å². The zero-order valence-corrected chi connectivity index (χ0v) is 16.5. The summed E-state index contributed by atoms with van der Waals surface area (Å²) in [6.07, 6.45) is 2.95. The number of amides is 2. The number of nitrogens with one attached hydrogen (secondary N) is 1. The van der Waals surface area contributed by atoms with Crippen molar-refractivity contribution in [1.29, 1.82) is 0 Å². The molecule has 1 aromatic carbocycles. The molecule has 0 fully saturated rings. The summed E-state index contributed by atoms with van der Waals surface area (Å²) in [6, 6.07) is 5.90. The fourth-order valence-corrected chi connectivity index (χ4v) is 4.36. The molecule has 2 amide bonds. The molecule has 1 unspecified atom stereocenters. The number of ether oxygens (including phenoxy) is 1. The van der Waals surface area contributed by atoms with Crippen molar-refractivity contribution in [3.63, 3.8) is 0 Å². The number of hydrogen-bond acceptors (Lipinski definition) is 5. The van der Waals surface area contributed by atoms with Crippen LogP contribution in [0.2, 0.25) is 0 Å². The van der Waals surface area contributed by atoms with Gasteiger partial charge in [0.25, 0.3) is 0 Å². The van der Waals surface area contributed by atoms with E-state index in [9.17, 15) is 15.0 Å². The average Bonchev–Trinajstić information content (AvgIpc) is 2.87. The first kappa shape index (κ1) is 19.5. The molecule has 1 aliphatic carbocycles. The molecular formula is C20H26N2O4S. The monoisotopic (exact) mass is 390 g/mol. The zero-order chi connectivity index (χ0) is 19.4. The standard InChI is InChI=1S/C20H26N2O4S/c1-13-9-14(10-17(23)19(13)24)5-6-21-20(25)22-7-8-27-18-4-3-16(26-2)11-15(18)12-22/h3-4,10-11,13,23-24H,5-9,12H2,1-2H3,(H,21,25). The molecule has 1 aliphatic heterocycles. The molecule has 146 valence electrons. The number of urea groups is 1. The van der Waals surface area contributed by atoms with Crippen molar-refractivity contribution >= 4 is 17.8 Å². The number of aliphatic hydroxyl groups excluding tert-OH is 2. The lowest BCUT2D eigenvalue weighted by Gasteiger charge is -2.23. The maximum Gasteiger partial charge on any atom is 0.317 e. The molecule has 0 bridgehead atoms. The van der Waals surface area contributed by atoms with E-state index in [0.717, 1.165) is 22.6 Å². The topological polar surface area (TPSA) is 82.0 Å². The Balaban J connectivity index is 1.56. The first-order valence-electron chi connectivity index (χ1n) is 9.12. The number of rotatable bonds is 4. The number of carbonyl (C=O) groups is 1. The summed E-state index contributed by atoms with van der Waals surface area (Å²) < 4.78 is 5.30.